The van der Waals surface area contributed by atoms with E-state index in [2.05, 4.69) is 23.5 Å². The van der Waals surface area contributed by atoms with E-state index in [9.17, 15) is 19.1 Å². The average molecular weight is 405 g/mol. The minimum Gasteiger partial charge on any atom is -0.478 e. The lowest BCUT2D eigenvalue weighted by molar-refractivity contribution is 0.0698. The molecule has 1 amide bonds. The second-order valence-corrected chi connectivity index (χ2v) is 6.51. The monoisotopic (exact) mass is 405 g/mol. The number of hydrogen-bond acceptors (Lipinski definition) is 4. The molecule has 152 valence electrons. The van der Waals surface area contributed by atoms with E-state index in [0.29, 0.717) is 35.5 Å². The Hall–Kier alpha value is -4.00. The van der Waals surface area contributed by atoms with E-state index in [0.717, 1.165) is 0 Å². The van der Waals surface area contributed by atoms with Crippen molar-refractivity contribution in [3.05, 3.63) is 90.8 Å². The summed E-state index contributed by atoms with van der Waals surface area (Å²) in [4.78, 5) is 30.7. The molecule has 0 fully saturated rings. The van der Waals surface area contributed by atoms with Gasteiger partial charge in [-0.1, -0.05) is 12.2 Å². The number of fused-ring (bicyclic) bond motifs is 1. The predicted octanol–water partition coefficient (Wildman–Crippen LogP) is 4.50. The van der Waals surface area contributed by atoms with Crippen LogP contribution in [0.15, 0.2) is 73.8 Å². The first kappa shape index (κ1) is 20.7. The highest BCUT2D eigenvalue weighted by molar-refractivity contribution is 6.08. The zero-order valence-corrected chi connectivity index (χ0v) is 16.1. The lowest BCUT2D eigenvalue weighted by Crippen LogP contribution is -2.24. The molecule has 0 unspecified atom stereocenters. The summed E-state index contributed by atoms with van der Waals surface area (Å²) in [5.74, 6) is -1.49. The quantitative estimate of drug-likeness (QED) is 0.539. The molecule has 0 aliphatic heterocycles. The number of carboxylic acid groups (broad SMARTS) is 1. The fraction of sp³-hybridized carbons (Fsp3) is 0.0870. The molecule has 0 saturated heterocycles. The molecule has 0 aliphatic rings. The van der Waals surface area contributed by atoms with Crippen molar-refractivity contribution in [2.45, 2.75) is 0 Å². The summed E-state index contributed by atoms with van der Waals surface area (Å²) in [5, 5.41) is 12.8. The van der Waals surface area contributed by atoms with Gasteiger partial charge in [0, 0.05) is 29.7 Å². The van der Waals surface area contributed by atoms with Gasteiger partial charge in [-0.25, -0.2) is 14.2 Å². The third kappa shape index (κ3) is 4.52. The number of carbonyl (C=O) groups is 2. The van der Waals surface area contributed by atoms with E-state index in [1.807, 2.05) is 4.90 Å². The highest BCUT2D eigenvalue weighted by Gasteiger charge is 2.16. The number of carbonyl (C=O) groups excluding carboxylic acids is 1. The van der Waals surface area contributed by atoms with Crippen molar-refractivity contribution in [1.29, 1.82) is 0 Å². The Balaban J connectivity index is 1.99. The zero-order chi connectivity index (χ0) is 21.7. The van der Waals surface area contributed by atoms with Crippen LogP contribution in [0.5, 0.6) is 0 Å². The number of aromatic carboxylic acids is 1. The summed E-state index contributed by atoms with van der Waals surface area (Å²) in [6.07, 6.45) is 3.40. The molecule has 0 bridgehead atoms. The van der Waals surface area contributed by atoms with Crippen molar-refractivity contribution in [3.8, 4) is 0 Å². The first-order valence-corrected chi connectivity index (χ1v) is 9.14. The number of anilines is 2. The molecule has 2 N–H and O–H groups in total. The Bertz CT molecular complexity index is 1120. The van der Waals surface area contributed by atoms with E-state index < -0.39 is 17.7 Å². The van der Waals surface area contributed by atoms with Gasteiger partial charge in [0.1, 0.15) is 11.6 Å². The molecule has 0 aliphatic carbocycles. The van der Waals surface area contributed by atoms with Crippen molar-refractivity contribution < 1.29 is 19.1 Å². The molecule has 0 spiro atoms. The van der Waals surface area contributed by atoms with Crippen molar-refractivity contribution in [1.82, 2.24) is 4.98 Å². The number of nitrogens with one attached hydrogen (secondary N) is 1. The van der Waals surface area contributed by atoms with Crippen molar-refractivity contribution in [2.75, 3.05) is 23.3 Å². The second-order valence-electron chi connectivity index (χ2n) is 6.51. The summed E-state index contributed by atoms with van der Waals surface area (Å²) in [6.45, 7) is 8.40. The summed E-state index contributed by atoms with van der Waals surface area (Å²) in [5.41, 5.74) is 1.23. The van der Waals surface area contributed by atoms with E-state index in [1.165, 1.54) is 30.3 Å². The first-order chi connectivity index (χ1) is 14.4. The van der Waals surface area contributed by atoms with Gasteiger partial charge in [0.25, 0.3) is 5.91 Å². The van der Waals surface area contributed by atoms with E-state index in [4.69, 9.17) is 0 Å². The molecule has 3 rings (SSSR count). The fourth-order valence-corrected chi connectivity index (χ4v) is 3.01. The van der Waals surface area contributed by atoms with Crippen LogP contribution in [0.4, 0.5) is 15.9 Å². The lowest BCUT2D eigenvalue weighted by atomic mass is 10.1. The van der Waals surface area contributed by atoms with Gasteiger partial charge in [0.05, 0.1) is 11.1 Å². The van der Waals surface area contributed by atoms with Crippen molar-refractivity contribution >= 4 is 34.3 Å². The maximum absolute atomic E-state index is 13.0. The Labute approximate surface area is 173 Å². The van der Waals surface area contributed by atoms with Crippen molar-refractivity contribution in [2.24, 2.45) is 0 Å². The van der Waals surface area contributed by atoms with Crippen LogP contribution in [0, 0.1) is 5.82 Å². The van der Waals surface area contributed by atoms with Gasteiger partial charge in [-0.2, -0.15) is 0 Å². The van der Waals surface area contributed by atoms with Crippen LogP contribution < -0.4 is 10.2 Å². The van der Waals surface area contributed by atoms with Crippen molar-refractivity contribution in [3.63, 3.8) is 0 Å². The Kier molecular flexibility index (Phi) is 6.22. The number of carboxylic acids is 1. The third-order valence-electron chi connectivity index (χ3n) is 4.41. The van der Waals surface area contributed by atoms with Crippen LogP contribution in [0.2, 0.25) is 0 Å². The number of nitrogens with zero attached hydrogens (tertiary/aromatic N) is 2. The molecule has 1 heterocycles. The third-order valence-corrected chi connectivity index (χ3v) is 4.41. The number of benzene rings is 2. The number of rotatable bonds is 8. The zero-order valence-electron chi connectivity index (χ0n) is 16.1. The molecule has 30 heavy (non-hydrogen) atoms. The number of pyridine rings is 1. The number of aromatic nitrogens is 1. The maximum atomic E-state index is 13.0. The van der Waals surface area contributed by atoms with Crippen LogP contribution in [-0.4, -0.2) is 35.1 Å². The number of amides is 1. The number of hydrogen-bond donors (Lipinski definition) is 2. The van der Waals surface area contributed by atoms with Crippen LogP contribution in [0.25, 0.3) is 10.9 Å². The molecule has 3 aromatic rings. The van der Waals surface area contributed by atoms with Gasteiger partial charge in [-0.3, -0.25) is 4.79 Å². The molecular weight excluding hydrogens is 385 g/mol. The minimum absolute atomic E-state index is 0.0611. The normalized spacial score (nSPS) is 10.4. The first-order valence-electron chi connectivity index (χ1n) is 9.14. The lowest BCUT2D eigenvalue weighted by Gasteiger charge is -2.21. The second kappa shape index (κ2) is 9.00. The van der Waals surface area contributed by atoms with Crippen LogP contribution in [0.1, 0.15) is 20.7 Å². The smallest absolute Gasteiger partial charge is 0.336 e. The molecule has 7 heteroatoms. The van der Waals surface area contributed by atoms with Gasteiger partial charge in [-0.05, 0) is 48.5 Å². The Morgan fingerprint density at radius 2 is 1.73 bits per heavy atom. The molecule has 1 aromatic heterocycles. The standard InChI is InChI=1S/C23H20FN3O3/c1-3-11-27(12-4-2)21-14-19(23(29)30)18-13-17(9-10-20(18)26-21)25-22(28)15-5-7-16(24)8-6-15/h3-10,13-14H,1-2,11-12H2,(H,25,28)(H,29,30). The summed E-state index contributed by atoms with van der Waals surface area (Å²) in [7, 11) is 0. The average Bonchev–Trinajstić information content (AvgIpc) is 2.73. The molecule has 0 saturated carbocycles. The van der Waals surface area contributed by atoms with Gasteiger partial charge < -0.3 is 15.3 Å². The van der Waals surface area contributed by atoms with E-state index in [-0.39, 0.29) is 11.1 Å². The largest absolute Gasteiger partial charge is 0.478 e. The van der Waals surface area contributed by atoms with Crippen LogP contribution in [0.3, 0.4) is 0 Å². The molecular formula is C23H20FN3O3. The van der Waals surface area contributed by atoms with Crippen LogP contribution >= 0.6 is 0 Å². The topological polar surface area (TPSA) is 82.5 Å². The summed E-state index contributed by atoms with van der Waals surface area (Å²) >= 11 is 0. The summed E-state index contributed by atoms with van der Waals surface area (Å²) < 4.78 is 13.0. The van der Waals surface area contributed by atoms with Gasteiger partial charge >= 0.3 is 5.97 Å². The van der Waals surface area contributed by atoms with E-state index in [1.54, 1.807) is 30.4 Å². The SMILES string of the molecule is C=CCN(CC=C)c1cc(C(=O)O)c2cc(NC(=O)c3ccc(F)cc3)ccc2n1. The highest BCUT2D eigenvalue weighted by atomic mass is 19.1. The van der Waals surface area contributed by atoms with Crippen LogP contribution in [-0.2, 0) is 0 Å². The van der Waals surface area contributed by atoms with E-state index >= 15 is 0 Å². The fourth-order valence-electron chi connectivity index (χ4n) is 3.01. The molecule has 0 atom stereocenters. The molecule has 6 nitrogen and oxygen atoms in total. The predicted molar refractivity (Wildman–Crippen MR) is 116 cm³/mol. The summed E-state index contributed by atoms with van der Waals surface area (Å²) in [6, 6.07) is 11.5. The Morgan fingerprint density at radius 3 is 2.33 bits per heavy atom. The minimum atomic E-state index is -1.11. The van der Waals surface area contributed by atoms with Gasteiger partial charge in [0.15, 0.2) is 0 Å². The van der Waals surface area contributed by atoms with Gasteiger partial charge in [0.2, 0.25) is 0 Å². The Morgan fingerprint density at radius 1 is 1.07 bits per heavy atom. The van der Waals surface area contributed by atoms with Gasteiger partial charge in [-0.15, -0.1) is 13.2 Å². The highest BCUT2D eigenvalue weighted by Crippen LogP contribution is 2.26. The molecule has 0 radical (unpaired) electrons. The maximum Gasteiger partial charge on any atom is 0.336 e. The molecule has 2 aromatic carbocycles. The number of halogens is 1.